The van der Waals surface area contributed by atoms with Crippen LogP contribution in [-0.4, -0.2) is 78.4 Å². The molecular weight excluding hydrogens is 402 g/mol. The molecule has 31 heavy (non-hydrogen) atoms. The van der Waals surface area contributed by atoms with E-state index < -0.39 is 11.7 Å². The number of carbonyl (C=O) groups excluding carboxylic acids is 4. The summed E-state index contributed by atoms with van der Waals surface area (Å²) in [5.74, 6) is -0.147. The average molecular weight is 431 g/mol. The van der Waals surface area contributed by atoms with E-state index >= 15 is 0 Å². The molecule has 168 valence electrons. The van der Waals surface area contributed by atoms with Crippen LogP contribution in [0.5, 0.6) is 5.75 Å². The van der Waals surface area contributed by atoms with Crippen molar-refractivity contribution < 1.29 is 28.7 Å². The summed E-state index contributed by atoms with van der Waals surface area (Å²) in [7, 11) is 0. The van der Waals surface area contributed by atoms with Crippen LogP contribution >= 0.6 is 0 Å². The molecule has 2 aliphatic rings. The van der Waals surface area contributed by atoms with Gasteiger partial charge in [-0.05, 0) is 39.0 Å². The van der Waals surface area contributed by atoms with E-state index in [4.69, 9.17) is 9.47 Å². The summed E-state index contributed by atoms with van der Waals surface area (Å²) in [5.41, 5.74) is 0.325. The van der Waals surface area contributed by atoms with E-state index in [1.165, 1.54) is 4.90 Å². The summed E-state index contributed by atoms with van der Waals surface area (Å²) in [4.78, 5) is 54.2. The van der Waals surface area contributed by atoms with Gasteiger partial charge in [0.1, 0.15) is 17.9 Å². The number of piperazine rings is 1. The molecule has 3 rings (SSSR count). The number of ketones is 1. The van der Waals surface area contributed by atoms with Crippen LogP contribution in [0, 0.1) is 0 Å². The first-order valence-corrected chi connectivity index (χ1v) is 10.4. The Morgan fingerprint density at radius 3 is 2.32 bits per heavy atom. The monoisotopic (exact) mass is 431 g/mol. The first-order valence-electron chi connectivity index (χ1n) is 10.4. The fourth-order valence-corrected chi connectivity index (χ4v) is 3.45. The summed E-state index contributed by atoms with van der Waals surface area (Å²) >= 11 is 0. The van der Waals surface area contributed by atoms with Gasteiger partial charge in [-0.15, -0.1) is 0 Å². The molecule has 1 aromatic rings. The molecule has 2 aliphatic heterocycles. The van der Waals surface area contributed by atoms with Crippen molar-refractivity contribution in [2.75, 3.05) is 44.2 Å². The minimum Gasteiger partial charge on any atom is -0.482 e. The van der Waals surface area contributed by atoms with E-state index in [-0.39, 0.29) is 30.7 Å². The molecule has 9 heteroatoms. The molecule has 0 unspecified atom stereocenters. The van der Waals surface area contributed by atoms with Gasteiger partial charge in [0.15, 0.2) is 12.4 Å². The number of amides is 3. The third kappa shape index (κ3) is 5.34. The Balaban J connectivity index is 1.66. The zero-order valence-corrected chi connectivity index (χ0v) is 18.5. The molecule has 1 aromatic carbocycles. The van der Waals surface area contributed by atoms with Crippen molar-refractivity contribution in [3.63, 3.8) is 0 Å². The number of benzene rings is 1. The van der Waals surface area contributed by atoms with E-state index in [0.29, 0.717) is 49.6 Å². The van der Waals surface area contributed by atoms with E-state index in [0.717, 1.165) is 0 Å². The standard InChI is InChI=1S/C22H29N3O6/c1-5-17(26)15-6-7-18-16(12-15)25(20(28)14-30-18)13-19(27)23-8-10-24(11-9-23)21(29)31-22(2,3)4/h6-7,12H,5,8-11,13-14H2,1-4H3. The fraction of sp³-hybridized carbons (Fsp3) is 0.545. The fourth-order valence-electron chi connectivity index (χ4n) is 3.45. The second kappa shape index (κ2) is 8.95. The van der Waals surface area contributed by atoms with Gasteiger partial charge in [-0.3, -0.25) is 19.3 Å². The van der Waals surface area contributed by atoms with E-state index in [1.54, 1.807) is 55.7 Å². The minimum absolute atomic E-state index is 0.0506. The van der Waals surface area contributed by atoms with Crippen molar-refractivity contribution in [3.05, 3.63) is 23.8 Å². The number of fused-ring (bicyclic) bond motifs is 1. The number of hydrogen-bond acceptors (Lipinski definition) is 6. The molecule has 1 saturated heterocycles. The molecule has 0 radical (unpaired) electrons. The molecular formula is C22H29N3O6. The van der Waals surface area contributed by atoms with Crippen molar-refractivity contribution in [1.82, 2.24) is 9.80 Å². The molecule has 3 amide bonds. The molecule has 0 atom stereocenters. The van der Waals surface area contributed by atoms with Crippen molar-refractivity contribution in [1.29, 1.82) is 0 Å². The Morgan fingerprint density at radius 2 is 1.71 bits per heavy atom. The Morgan fingerprint density at radius 1 is 1.06 bits per heavy atom. The predicted octanol–water partition coefficient (Wildman–Crippen LogP) is 2.08. The molecule has 9 nitrogen and oxygen atoms in total. The minimum atomic E-state index is -0.577. The number of Topliss-reactive ketones (excluding diaryl/α,β-unsaturated/α-hetero) is 1. The topological polar surface area (TPSA) is 96.5 Å². The molecule has 0 saturated carbocycles. The first kappa shape index (κ1) is 22.6. The van der Waals surface area contributed by atoms with Crippen molar-refractivity contribution in [2.24, 2.45) is 0 Å². The molecule has 0 N–H and O–H groups in total. The van der Waals surface area contributed by atoms with Crippen LogP contribution in [0.3, 0.4) is 0 Å². The number of carbonyl (C=O) groups is 4. The van der Waals surface area contributed by atoms with Gasteiger partial charge >= 0.3 is 6.09 Å². The normalized spacial score (nSPS) is 16.5. The Hall–Kier alpha value is -3.10. The smallest absolute Gasteiger partial charge is 0.410 e. The summed E-state index contributed by atoms with van der Waals surface area (Å²) in [6.45, 7) is 8.33. The van der Waals surface area contributed by atoms with Gasteiger partial charge in [-0.2, -0.15) is 0 Å². The highest BCUT2D eigenvalue weighted by atomic mass is 16.6. The Kier molecular flexibility index (Phi) is 6.52. The lowest BCUT2D eigenvalue weighted by molar-refractivity contribution is -0.133. The maximum atomic E-state index is 12.9. The zero-order chi connectivity index (χ0) is 22.8. The SMILES string of the molecule is CCC(=O)c1ccc2c(c1)N(CC(=O)N1CCN(C(=O)OC(C)(C)C)CC1)C(=O)CO2. The first-order chi connectivity index (χ1) is 14.6. The van der Waals surface area contributed by atoms with Gasteiger partial charge < -0.3 is 19.3 Å². The quantitative estimate of drug-likeness (QED) is 0.678. The van der Waals surface area contributed by atoms with E-state index in [1.807, 2.05) is 0 Å². The van der Waals surface area contributed by atoms with Gasteiger partial charge in [0.05, 0.1) is 5.69 Å². The van der Waals surface area contributed by atoms with Gasteiger partial charge in [-0.25, -0.2) is 4.79 Å². The van der Waals surface area contributed by atoms with Crippen molar-refractivity contribution >= 4 is 29.4 Å². The van der Waals surface area contributed by atoms with Crippen LogP contribution in [0.2, 0.25) is 0 Å². The lowest BCUT2D eigenvalue weighted by Gasteiger charge is -2.37. The highest BCUT2D eigenvalue weighted by molar-refractivity contribution is 6.04. The molecule has 2 heterocycles. The van der Waals surface area contributed by atoms with Crippen molar-refractivity contribution in [2.45, 2.75) is 39.7 Å². The maximum absolute atomic E-state index is 12.9. The highest BCUT2D eigenvalue weighted by Crippen LogP contribution is 2.33. The van der Waals surface area contributed by atoms with Gasteiger partial charge in [0.2, 0.25) is 5.91 Å². The number of rotatable bonds is 4. The lowest BCUT2D eigenvalue weighted by atomic mass is 10.1. The third-order valence-corrected chi connectivity index (χ3v) is 5.12. The van der Waals surface area contributed by atoms with Crippen LogP contribution in [0.4, 0.5) is 10.5 Å². The Bertz CT molecular complexity index is 884. The van der Waals surface area contributed by atoms with Gasteiger partial charge in [0, 0.05) is 38.2 Å². The third-order valence-electron chi connectivity index (χ3n) is 5.12. The number of anilines is 1. The summed E-state index contributed by atoms with van der Waals surface area (Å²) in [6.07, 6.45) is -0.0564. The summed E-state index contributed by atoms with van der Waals surface area (Å²) in [6, 6.07) is 4.92. The van der Waals surface area contributed by atoms with Crippen LogP contribution in [0.15, 0.2) is 18.2 Å². The largest absolute Gasteiger partial charge is 0.482 e. The number of hydrogen-bond donors (Lipinski definition) is 0. The molecule has 0 aliphatic carbocycles. The maximum Gasteiger partial charge on any atom is 0.410 e. The average Bonchev–Trinajstić information content (AvgIpc) is 2.73. The van der Waals surface area contributed by atoms with Crippen LogP contribution < -0.4 is 9.64 Å². The molecule has 0 bridgehead atoms. The van der Waals surface area contributed by atoms with Crippen LogP contribution in [0.1, 0.15) is 44.5 Å². The zero-order valence-electron chi connectivity index (χ0n) is 18.5. The van der Waals surface area contributed by atoms with E-state index in [9.17, 15) is 19.2 Å². The van der Waals surface area contributed by atoms with Crippen LogP contribution in [-0.2, 0) is 14.3 Å². The number of nitrogens with zero attached hydrogens (tertiary/aromatic N) is 3. The lowest BCUT2D eigenvalue weighted by Crippen LogP contribution is -2.54. The molecule has 1 fully saturated rings. The van der Waals surface area contributed by atoms with Crippen molar-refractivity contribution in [3.8, 4) is 5.75 Å². The summed E-state index contributed by atoms with van der Waals surface area (Å²) in [5, 5.41) is 0. The summed E-state index contributed by atoms with van der Waals surface area (Å²) < 4.78 is 10.8. The van der Waals surface area contributed by atoms with Gasteiger partial charge in [0.25, 0.3) is 5.91 Å². The molecule has 0 spiro atoms. The second-order valence-corrected chi connectivity index (χ2v) is 8.58. The number of ether oxygens (including phenoxy) is 2. The van der Waals surface area contributed by atoms with E-state index in [2.05, 4.69) is 0 Å². The van der Waals surface area contributed by atoms with Crippen LogP contribution in [0.25, 0.3) is 0 Å². The highest BCUT2D eigenvalue weighted by Gasteiger charge is 2.32. The van der Waals surface area contributed by atoms with Gasteiger partial charge in [-0.1, -0.05) is 6.92 Å². The second-order valence-electron chi connectivity index (χ2n) is 8.58. The molecule has 0 aromatic heterocycles. The Labute approximate surface area is 181 Å². The predicted molar refractivity (Wildman–Crippen MR) is 113 cm³/mol.